The van der Waals surface area contributed by atoms with Crippen LogP contribution in [0.2, 0.25) is 0 Å². The van der Waals surface area contributed by atoms with Crippen LogP contribution in [0.25, 0.3) is 5.57 Å². The van der Waals surface area contributed by atoms with Gasteiger partial charge in [0.15, 0.2) is 0 Å². The molecule has 0 unspecified atom stereocenters. The molecule has 0 aliphatic carbocycles. The molecule has 0 atom stereocenters. The van der Waals surface area contributed by atoms with E-state index in [0.717, 1.165) is 30.4 Å². The maximum atomic E-state index is 12.3. The van der Waals surface area contributed by atoms with Gasteiger partial charge in [0.1, 0.15) is 23.0 Å². The van der Waals surface area contributed by atoms with Gasteiger partial charge in [0, 0.05) is 0 Å². The zero-order valence-corrected chi connectivity index (χ0v) is 17.0. The van der Waals surface area contributed by atoms with Gasteiger partial charge in [0.25, 0.3) is 5.91 Å². The number of hydrogen-bond donors (Lipinski definition) is 2. The fraction of sp³-hybridized carbons (Fsp3) is 0.318. The second-order valence-corrected chi connectivity index (χ2v) is 6.30. The standard InChI is InChI=1S/C22H28N4O2/c1-6-9-16(10-7-2)17-11-12-19(28-5)21(15(17)4)25-20(8-3)26-22(27)18-13-23-14-24-18/h8-9,11-14H,3,6-7,10H2,1-2,4-5H3,(H,23,24)(H,25,26,27)/b16-9+. The first-order valence-corrected chi connectivity index (χ1v) is 9.43. The van der Waals surface area contributed by atoms with Crippen molar-refractivity contribution < 1.29 is 9.53 Å². The molecule has 2 N–H and O–H groups in total. The lowest BCUT2D eigenvalue weighted by atomic mass is 9.94. The molecule has 0 bridgehead atoms. The molecule has 1 amide bonds. The van der Waals surface area contributed by atoms with Crippen molar-refractivity contribution in [2.24, 2.45) is 4.99 Å². The molecule has 0 fully saturated rings. The van der Waals surface area contributed by atoms with E-state index in [4.69, 9.17) is 4.74 Å². The Hall–Kier alpha value is -3.15. The molecule has 2 aromatic rings. The van der Waals surface area contributed by atoms with E-state index in [2.05, 4.69) is 52.8 Å². The summed E-state index contributed by atoms with van der Waals surface area (Å²) in [6, 6.07) is 3.98. The number of allylic oxidation sites excluding steroid dienone is 2. The van der Waals surface area contributed by atoms with Crippen molar-refractivity contribution in [3.8, 4) is 5.75 Å². The normalized spacial score (nSPS) is 12.0. The number of amides is 1. The maximum Gasteiger partial charge on any atom is 0.274 e. The van der Waals surface area contributed by atoms with E-state index in [9.17, 15) is 4.79 Å². The number of carbonyl (C=O) groups is 1. The molecule has 0 spiro atoms. The number of aliphatic imine (C=N–C) groups is 1. The minimum absolute atomic E-state index is 0.332. The average molecular weight is 380 g/mol. The van der Waals surface area contributed by atoms with E-state index in [-0.39, 0.29) is 5.91 Å². The number of hydrogen-bond acceptors (Lipinski definition) is 4. The van der Waals surface area contributed by atoms with Gasteiger partial charge < -0.3 is 15.0 Å². The number of nitrogens with zero attached hydrogens (tertiary/aromatic N) is 2. The molecule has 0 aliphatic rings. The highest BCUT2D eigenvalue weighted by atomic mass is 16.5. The minimum Gasteiger partial charge on any atom is -0.494 e. The maximum absolute atomic E-state index is 12.3. The number of methoxy groups -OCH3 is 1. The third kappa shape index (κ3) is 4.97. The monoisotopic (exact) mass is 380 g/mol. The average Bonchev–Trinajstić information content (AvgIpc) is 3.23. The van der Waals surface area contributed by atoms with Gasteiger partial charge in [-0.25, -0.2) is 9.98 Å². The van der Waals surface area contributed by atoms with Gasteiger partial charge >= 0.3 is 0 Å². The van der Waals surface area contributed by atoms with Crippen molar-refractivity contribution >= 4 is 23.0 Å². The summed E-state index contributed by atoms with van der Waals surface area (Å²) in [5.41, 5.74) is 4.47. The van der Waals surface area contributed by atoms with Crippen LogP contribution >= 0.6 is 0 Å². The first-order valence-electron chi connectivity index (χ1n) is 9.43. The van der Waals surface area contributed by atoms with Crippen molar-refractivity contribution in [3.05, 3.63) is 60.2 Å². The fourth-order valence-corrected chi connectivity index (χ4v) is 3.00. The number of aromatic amines is 1. The van der Waals surface area contributed by atoms with Gasteiger partial charge in [-0.2, -0.15) is 0 Å². The summed E-state index contributed by atoms with van der Waals surface area (Å²) in [5.74, 6) is 0.653. The van der Waals surface area contributed by atoms with Gasteiger partial charge in [-0.3, -0.25) is 4.79 Å². The molecule has 0 radical (unpaired) electrons. The number of H-pyrrole nitrogens is 1. The van der Waals surface area contributed by atoms with Gasteiger partial charge in [0.2, 0.25) is 0 Å². The second kappa shape index (κ2) is 10.3. The number of aromatic nitrogens is 2. The lowest BCUT2D eigenvalue weighted by molar-refractivity contribution is 0.0973. The van der Waals surface area contributed by atoms with Crippen LogP contribution in [0.15, 0.2) is 48.4 Å². The number of benzene rings is 1. The summed E-state index contributed by atoms with van der Waals surface area (Å²) in [6.07, 6.45) is 9.69. The molecule has 2 rings (SSSR count). The minimum atomic E-state index is -0.332. The van der Waals surface area contributed by atoms with Crippen LogP contribution < -0.4 is 10.1 Å². The molecule has 0 saturated heterocycles. The molecule has 1 aromatic carbocycles. The topological polar surface area (TPSA) is 79.4 Å². The molecular formula is C22H28N4O2. The molecule has 148 valence electrons. The quantitative estimate of drug-likeness (QED) is 0.501. The predicted octanol–water partition coefficient (Wildman–Crippen LogP) is 4.97. The van der Waals surface area contributed by atoms with Crippen LogP contribution in [0.4, 0.5) is 5.69 Å². The summed E-state index contributed by atoms with van der Waals surface area (Å²) in [4.78, 5) is 23.6. The smallest absolute Gasteiger partial charge is 0.274 e. The number of carbonyl (C=O) groups excluding carboxylic acids is 1. The third-order valence-electron chi connectivity index (χ3n) is 4.34. The molecular weight excluding hydrogens is 352 g/mol. The Kier molecular flexibility index (Phi) is 7.75. The predicted molar refractivity (Wildman–Crippen MR) is 114 cm³/mol. The zero-order chi connectivity index (χ0) is 20.5. The number of imidazole rings is 1. The highest BCUT2D eigenvalue weighted by Crippen LogP contribution is 2.37. The highest BCUT2D eigenvalue weighted by Gasteiger charge is 2.15. The fourth-order valence-electron chi connectivity index (χ4n) is 3.00. The van der Waals surface area contributed by atoms with Gasteiger partial charge in [-0.1, -0.05) is 39.0 Å². The number of nitrogens with one attached hydrogen (secondary N) is 2. The van der Waals surface area contributed by atoms with Gasteiger partial charge in [-0.05, 0) is 48.6 Å². The lowest BCUT2D eigenvalue weighted by Gasteiger charge is -2.16. The summed E-state index contributed by atoms with van der Waals surface area (Å²) in [6.45, 7) is 10.1. The molecule has 6 nitrogen and oxygen atoms in total. The summed E-state index contributed by atoms with van der Waals surface area (Å²) in [5, 5.41) is 2.75. The van der Waals surface area contributed by atoms with E-state index < -0.39 is 0 Å². The molecule has 0 saturated carbocycles. The van der Waals surface area contributed by atoms with Crippen LogP contribution in [-0.4, -0.2) is 28.8 Å². The molecule has 28 heavy (non-hydrogen) atoms. The second-order valence-electron chi connectivity index (χ2n) is 6.30. The Bertz CT molecular complexity index is 880. The molecule has 1 aromatic heterocycles. The molecule has 1 heterocycles. The summed E-state index contributed by atoms with van der Waals surface area (Å²) >= 11 is 0. The zero-order valence-electron chi connectivity index (χ0n) is 17.0. The van der Waals surface area contributed by atoms with Gasteiger partial charge in [-0.15, -0.1) is 0 Å². The molecule has 6 heteroatoms. The molecule has 0 aliphatic heterocycles. The summed E-state index contributed by atoms with van der Waals surface area (Å²) < 4.78 is 5.51. The van der Waals surface area contributed by atoms with Crippen LogP contribution in [0.1, 0.15) is 54.7 Å². The van der Waals surface area contributed by atoms with E-state index in [1.165, 1.54) is 24.2 Å². The first-order chi connectivity index (χ1) is 13.5. The Morgan fingerprint density at radius 1 is 1.39 bits per heavy atom. The summed E-state index contributed by atoms with van der Waals surface area (Å²) in [7, 11) is 1.61. The van der Waals surface area contributed by atoms with Crippen molar-refractivity contribution in [3.63, 3.8) is 0 Å². The number of rotatable bonds is 8. The van der Waals surface area contributed by atoms with Gasteiger partial charge in [0.05, 0.1) is 19.6 Å². The van der Waals surface area contributed by atoms with Crippen LogP contribution in [-0.2, 0) is 0 Å². The van der Waals surface area contributed by atoms with Crippen molar-refractivity contribution in [2.45, 2.75) is 40.0 Å². The Labute approximate surface area is 166 Å². The Morgan fingerprint density at radius 2 is 2.18 bits per heavy atom. The number of ether oxygens (including phenoxy) is 1. The van der Waals surface area contributed by atoms with Crippen LogP contribution in [0.5, 0.6) is 5.75 Å². The van der Waals surface area contributed by atoms with Crippen molar-refractivity contribution in [1.82, 2.24) is 15.3 Å². The van der Waals surface area contributed by atoms with Crippen molar-refractivity contribution in [2.75, 3.05) is 7.11 Å². The van der Waals surface area contributed by atoms with Crippen molar-refractivity contribution in [1.29, 1.82) is 0 Å². The van der Waals surface area contributed by atoms with E-state index in [1.807, 2.05) is 13.0 Å². The van der Waals surface area contributed by atoms with Crippen LogP contribution in [0, 0.1) is 6.92 Å². The Balaban J connectivity index is 2.47. The van der Waals surface area contributed by atoms with Crippen LogP contribution in [0.3, 0.4) is 0 Å². The SMILES string of the molecule is C=C/C(=N\c1c(OC)ccc(/C(=C/CC)CCC)c1C)NC(=O)c1cnc[nH]1. The van der Waals surface area contributed by atoms with E-state index >= 15 is 0 Å². The largest absolute Gasteiger partial charge is 0.494 e. The Morgan fingerprint density at radius 3 is 2.75 bits per heavy atom. The van der Waals surface area contributed by atoms with E-state index in [0.29, 0.717) is 23.0 Å². The number of amidine groups is 1. The third-order valence-corrected chi connectivity index (χ3v) is 4.34. The van der Waals surface area contributed by atoms with E-state index in [1.54, 1.807) is 7.11 Å². The first kappa shape index (κ1) is 21.2. The highest BCUT2D eigenvalue weighted by molar-refractivity contribution is 6.10. The lowest BCUT2D eigenvalue weighted by Crippen LogP contribution is -2.29.